The van der Waals surface area contributed by atoms with E-state index in [1.54, 1.807) is 24.3 Å². The van der Waals surface area contributed by atoms with Crippen LogP contribution in [0.3, 0.4) is 0 Å². The van der Waals surface area contributed by atoms with Gasteiger partial charge in [-0.2, -0.15) is 0 Å². The molecule has 1 atom stereocenters. The van der Waals surface area contributed by atoms with Crippen LogP contribution in [0.2, 0.25) is 10.0 Å². The molecule has 45 heavy (non-hydrogen) atoms. The minimum absolute atomic E-state index is 0.0106. The Morgan fingerprint density at radius 3 is 1.96 bits per heavy atom. The smallest absolute Gasteiger partial charge is 0.264 e. The van der Waals surface area contributed by atoms with Crippen molar-refractivity contribution in [2.24, 2.45) is 0 Å². The highest BCUT2D eigenvalue weighted by Gasteiger charge is 2.36. The van der Waals surface area contributed by atoms with Crippen LogP contribution in [-0.2, 0) is 32.6 Å². The van der Waals surface area contributed by atoms with Crippen LogP contribution in [0.5, 0.6) is 0 Å². The van der Waals surface area contributed by atoms with Crippen LogP contribution in [0, 0.1) is 6.92 Å². The molecule has 4 rings (SSSR count). The summed E-state index contributed by atoms with van der Waals surface area (Å²) in [5, 5.41) is 3.15. The quantitative estimate of drug-likeness (QED) is 0.186. The molecule has 0 spiro atoms. The fourth-order valence-electron chi connectivity index (χ4n) is 4.82. The van der Waals surface area contributed by atoms with Gasteiger partial charge in [0.25, 0.3) is 10.0 Å². The molecule has 0 aromatic heterocycles. The van der Waals surface area contributed by atoms with Gasteiger partial charge in [-0.05, 0) is 63.1 Å². The predicted octanol–water partition coefficient (Wildman–Crippen LogP) is 7.05. The van der Waals surface area contributed by atoms with Crippen molar-refractivity contribution in [1.29, 1.82) is 0 Å². The first-order valence-electron chi connectivity index (χ1n) is 14.5. The molecular weight excluding hydrogens is 629 g/mol. The van der Waals surface area contributed by atoms with Crippen LogP contribution in [0.4, 0.5) is 5.69 Å². The van der Waals surface area contributed by atoms with E-state index in [-0.39, 0.29) is 39.5 Å². The summed E-state index contributed by atoms with van der Waals surface area (Å²) >= 11 is 12.9. The van der Waals surface area contributed by atoms with E-state index in [4.69, 9.17) is 23.2 Å². The first-order chi connectivity index (χ1) is 21.3. The molecule has 4 aromatic carbocycles. The maximum atomic E-state index is 14.5. The third kappa shape index (κ3) is 8.87. The number of nitrogens with zero attached hydrogens (tertiary/aromatic N) is 2. The Hall–Kier alpha value is -3.85. The van der Waals surface area contributed by atoms with E-state index in [9.17, 15) is 18.0 Å². The molecule has 4 aromatic rings. The molecule has 0 aliphatic heterocycles. The third-order valence-electron chi connectivity index (χ3n) is 7.05. The molecule has 0 radical (unpaired) electrons. The van der Waals surface area contributed by atoms with Crippen LogP contribution in [-0.4, -0.2) is 43.3 Å². The van der Waals surface area contributed by atoms with Crippen molar-refractivity contribution in [2.75, 3.05) is 10.8 Å². The molecular formula is C35H37Cl2N3O4S. The van der Waals surface area contributed by atoms with E-state index in [1.165, 1.54) is 23.1 Å². The summed E-state index contributed by atoms with van der Waals surface area (Å²) in [4.78, 5) is 29.9. The number of aryl methyl sites for hydroxylation is 1. The van der Waals surface area contributed by atoms with Crippen molar-refractivity contribution in [3.05, 3.63) is 130 Å². The molecule has 0 aliphatic rings. The molecule has 2 amide bonds. The van der Waals surface area contributed by atoms with Gasteiger partial charge in [0.2, 0.25) is 11.8 Å². The van der Waals surface area contributed by atoms with Gasteiger partial charge in [-0.3, -0.25) is 13.9 Å². The molecule has 0 bridgehead atoms. The molecule has 0 fully saturated rings. The zero-order chi connectivity index (χ0) is 32.8. The highest BCUT2D eigenvalue weighted by molar-refractivity contribution is 7.92. The first-order valence-corrected chi connectivity index (χ1v) is 16.7. The first kappa shape index (κ1) is 34.0. The number of nitrogens with one attached hydrogen (secondary N) is 1. The lowest BCUT2D eigenvalue weighted by Gasteiger charge is -2.35. The number of carbonyl (C=O) groups excluding carboxylic acids is 2. The lowest BCUT2D eigenvalue weighted by molar-refractivity contribution is -0.140. The summed E-state index contributed by atoms with van der Waals surface area (Å²) in [5.74, 6) is -0.945. The number of anilines is 1. The van der Waals surface area contributed by atoms with Crippen molar-refractivity contribution in [3.63, 3.8) is 0 Å². The van der Waals surface area contributed by atoms with Gasteiger partial charge >= 0.3 is 0 Å². The Bertz CT molecular complexity index is 1730. The molecule has 7 nitrogen and oxygen atoms in total. The largest absolute Gasteiger partial charge is 0.350 e. The van der Waals surface area contributed by atoms with Crippen molar-refractivity contribution in [2.45, 2.75) is 57.1 Å². The summed E-state index contributed by atoms with van der Waals surface area (Å²) in [7, 11) is -4.30. The third-order valence-corrected chi connectivity index (χ3v) is 9.64. The monoisotopic (exact) mass is 665 g/mol. The average molecular weight is 667 g/mol. The summed E-state index contributed by atoms with van der Waals surface area (Å²) in [6, 6.07) is 28.7. The van der Waals surface area contributed by atoms with Gasteiger partial charge in [-0.15, -0.1) is 0 Å². The molecule has 1 N–H and O–H groups in total. The Morgan fingerprint density at radius 2 is 1.38 bits per heavy atom. The summed E-state index contributed by atoms with van der Waals surface area (Å²) in [6.07, 6.45) is 0.212. The SMILES string of the molecule is Cc1ccc(S(=O)(=O)N(CC(=O)N(Cc2ccccc2)C(Cc2ccccc2)C(=O)NC(C)(C)C)c2cccc(Cl)c2Cl)cc1. The molecule has 0 aliphatic carbocycles. The summed E-state index contributed by atoms with van der Waals surface area (Å²) in [5.41, 5.74) is 1.97. The number of sulfonamides is 1. The van der Waals surface area contributed by atoms with Crippen LogP contribution < -0.4 is 9.62 Å². The van der Waals surface area contributed by atoms with Crippen LogP contribution in [0.15, 0.2) is 108 Å². The molecule has 0 heterocycles. The van der Waals surface area contributed by atoms with Crippen LogP contribution >= 0.6 is 23.2 Å². The summed E-state index contributed by atoms with van der Waals surface area (Å²) < 4.78 is 29.3. The number of carbonyl (C=O) groups is 2. The van der Waals surface area contributed by atoms with Gasteiger partial charge in [0, 0.05) is 18.5 Å². The number of halogens is 2. The Labute approximate surface area is 275 Å². The Kier molecular flexibility index (Phi) is 11.0. The van der Waals surface area contributed by atoms with Gasteiger partial charge < -0.3 is 10.2 Å². The second-order valence-corrected chi connectivity index (χ2v) is 14.5. The van der Waals surface area contributed by atoms with E-state index in [1.807, 2.05) is 88.4 Å². The normalized spacial score (nSPS) is 12.3. The molecule has 236 valence electrons. The Balaban J connectivity index is 1.83. The van der Waals surface area contributed by atoms with Crippen molar-refractivity contribution < 1.29 is 18.0 Å². The maximum absolute atomic E-state index is 14.5. The van der Waals surface area contributed by atoms with Crippen molar-refractivity contribution in [1.82, 2.24) is 10.2 Å². The lowest BCUT2D eigenvalue weighted by atomic mass is 10.0. The van der Waals surface area contributed by atoms with Gasteiger partial charge in [-0.1, -0.05) is 108 Å². The van der Waals surface area contributed by atoms with E-state index < -0.39 is 34.1 Å². The molecule has 0 saturated heterocycles. The van der Waals surface area contributed by atoms with Crippen molar-refractivity contribution in [3.8, 4) is 0 Å². The number of rotatable bonds is 11. The van der Waals surface area contributed by atoms with Crippen molar-refractivity contribution >= 4 is 50.7 Å². The van der Waals surface area contributed by atoms with Gasteiger partial charge in [0.05, 0.1) is 20.6 Å². The zero-order valence-corrected chi connectivity index (χ0v) is 28.0. The van der Waals surface area contributed by atoms with E-state index >= 15 is 0 Å². The maximum Gasteiger partial charge on any atom is 0.264 e. The minimum atomic E-state index is -4.30. The minimum Gasteiger partial charge on any atom is -0.350 e. The molecule has 1 unspecified atom stereocenters. The number of hydrogen-bond acceptors (Lipinski definition) is 4. The van der Waals surface area contributed by atoms with E-state index in [0.29, 0.717) is 0 Å². The molecule has 0 saturated carbocycles. The topological polar surface area (TPSA) is 86.8 Å². The van der Waals surface area contributed by atoms with E-state index in [2.05, 4.69) is 5.32 Å². The highest BCUT2D eigenvalue weighted by Crippen LogP contribution is 2.35. The second kappa shape index (κ2) is 14.5. The van der Waals surface area contributed by atoms with Crippen LogP contribution in [0.1, 0.15) is 37.5 Å². The van der Waals surface area contributed by atoms with Gasteiger partial charge in [0.1, 0.15) is 12.6 Å². The fraction of sp³-hybridized carbons (Fsp3) is 0.257. The number of amides is 2. The van der Waals surface area contributed by atoms with Gasteiger partial charge in [0.15, 0.2) is 0 Å². The summed E-state index contributed by atoms with van der Waals surface area (Å²) in [6.45, 7) is 6.89. The number of benzene rings is 4. The lowest BCUT2D eigenvalue weighted by Crippen LogP contribution is -2.56. The Morgan fingerprint density at radius 1 is 0.800 bits per heavy atom. The average Bonchev–Trinajstić information content (AvgIpc) is 2.99. The second-order valence-electron chi connectivity index (χ2n) is 11.8. The standard InChI is InChI=1S/C35H37Cl2N3O4S/c1-25-18-20-28(21-19-25)45(43,44)40(30-17-11-16-29(36)33(30)37)24-32(41)39(23-27-14-9-6-10-15-27)31(34(42)38-35(2,3)4)22-26-12-7-5-8-13-26/h5-21,31H,22-24H2,1-4H3,(H,38,42). The zero-order valence-electron chi connectivity index (χ0n) is 25.7. The fourth-order valence-corrected chi connectivity index (χ4v) is 6.70. The number of hydrogen-bond donors (Lipinski definition) is 1. The van der Waals surface area contributed by atoms with Crippen LogP contribution in [0.25, 0.3) is 0 Å². The molecule has 10 heteroatoms. The van der Waals surface area contributed by atoms with Gasteiger partial charge in [-0.25, -0.2) is 8.42 Å². The predicted molar refractivity (Wildman–Crippen MR) is 181 cm³/mol. The highest BCUT2D eigenvalue weighted by atomic mass is 35.5. The van der Waals surface area contributed by atoms with E-state index in [0.717, 1.165) is 21.0 Å².